The highest BCUT2D eigenvalue weighted by molar-refractivity contribution is 7.90. The molecule has 0 aliphatic heterocycles. The van der Waals surface area contributed by atoms with Crippen molar-refractivity contribution in [2.75, 3.05) is 5.32 Å². The molecule has 0 saturated heterocycles. The second-order valence-electron chi connectivity index (χ2n) is 11.3. The lowest BCUT2D eigenvalue weighted by atomic mass is 10.0. The van der Waals surface area contributed by atoms with E-state index < -0.39 is 27.8 Å². The maximum atomic E-state index is 13.2. The predicted molar refractivity (Wildman–Crippen MR) is 160 cm³/mol. The Kier molecular flexibility index (Phi) is 8.82. The first kappa shape index (κ1) is 29.8. The first-order chi connectivity index (χ1) is 19.3. The van der Waals surface area contributed by atoms with Crippen LogP contribution in [-0.2, 0) is 19.6 Å². The summed E-state index contributed by atoms with van der Waals surface area (Å²) in [5, 5.41) is 6.27. The number of hydrogen-bond donors (Lipinski definition) is 2. The number of pyridine rings is 1. The van der Waals surface area contributed by atoms with E-state index in [-0.39, 0.29) is 10.8 Å². The van der Waals surface area contributed by atoms with Crippen LogP contribution in [0.25, 0.3) is 22.2 Å². The minimum Gasteiger partial charge on any atom is -0.444 e. The molecule has 0 spiro atoms. The number of nitrogens with one attached hydrogen (secondary N) is 2. The van der Waals surface area contributed by atoms with Crippen molar-refractivity contribution in [3.63, 3.8) is 0 Å². The van der Waals surface area contributed by atoms with Gasteiger partial charge in [-0.15, -0.1) is 0 Å². The summed E-state index contributed by atoms with van der Waals surface area (Å²) in [5.74, 6) is 0.0264. The standard InChI is InChI=1S/C31H36N4O5S/c1-21(2)11-16-27(34-30(37)40-31(3,4)5)29(36)33-23-14-12-22(13-15-23)25-17-19-32-28-26(25)18-20-35(28)41(38,39)24-9-7-6-8-10-24/h6-10,12-15,17-21,27H,11,16H2,1-5H3,(H,33,36)(H,34,37)/t27-/m1/s1. The van der Waals surface area contributed by atoms with Crippen LogP contribution in [0.1, 0.15) is 47.5 Å². The molecule has 0 aliphatic rings. The van der Waals surface area contributed by atoms with E-state index in [0.717, 1.165) is 17.5 Å². The minimum absolute atomic E-state index is 0.178. The normalized spacial score (nSPS) is 12.7. The minimum atomic E-state index is -3.81. The van der Waals surface area contributed by atoms with Crippen molar-refractivity contribution in [3.05, 3.63) is 79.1 Å². The second-order valence-corrected chi connectivity index (χ2v) is 13.1. The van der Waals surface area contributed by atoms with Gasteiger partial charge in [0.1, 0.15) is 11.6 Å². The molecule has 10 heteroatoms. The van der Waals surface area contributed by atoms with Crippen molar-refractivity contribution in [1.29, 1.82) is 0 Å². The average Bonchev–Trinajstić information content (AvgIpc) is 3.36. The summed E-state index contributed by atoms with van der Waals surface area (Å²) in [6.07, 6.45) is 3.67. The van der Waals surface area contributed by atoms with Gasteiger partial charge >= 0.3 is 6.09 Å². The Labute approximate surface area is 241 Å². The molecule has 9 nitrogen and oxygen atoms in total. The highest BCUT2D eigenvalue weighted by Crippen LogP contribution is 2.31. The lowest BCUT2D eigenvalue weighted by Gasteiger charge is -2.23. The van der Waals surface area contributed by atoms with Gasteiger partial charge in [-0.1, -0.05) is 44.2 Å². The van der Waals surface area contributed by atoms with Crippen LogP contribution in [0.2, 0.25) is 0 Å². The Morgan fingerprint density at radius 2 is 1.63 bits per heavy atom. The molecule has 0 fully saturated rings. The molecule has 2 amide bonds. The van der Waals surface area contributed by atoms with Crippen LogP contribution >= 0.6 is 0 Å². The van der Waals surface area contributed by atoms with Gasteiger partial charge in [-0.2, -0.15) is 0 Å². The SMILES string of the molecule is CC(C)CC[C@@H](NC(=O)OC(C)(C)C)C(=O)Nc1ccc(-c2ccnc3c2ccn3S(=O)(=O)c2ccccc2)cc1. The van der Waals surface area contributed by atoms with Crippen LogP contribution in [0.15, 0.2) is 84.0 Å². The fourth-order valence-corrected chi connectivity index (χ4v) is 5.67. The number of ether oxygens (including phenoxy) is 1. The van der Waals surface area contributed by atoms with Crippen molar-refractivity contribution < 1.29 is 22.7 Å². The second kappa shape index (κ2) is 12.1. The van der Waals surface area contributed by atoms with Gasteiger partial charge in [0.25, 0.3) is 10.0 Å². The highest BCUT2D eigenvalue weighted by Gasteiger charge is 2.25. The van der Waals surface area contributed by atoms with Gasteiger partial charge in [-0.3, -0.25) is 4.79 Å². The summed E-state index contributed by atoms with van der Waals surface area (Å²) < 4.78 is 33.0. The Hall–Kier alpha value is -4.18. The third-order valence-electron chi connectivity index (χ3n) is 6.36. The van der Waals surface area contributed by atoms with E-state index in [4.69, 9.17) is 4.74 Å². The molecule has 2 aromatic heterocycles. The number of carbonyl (C=O) groups excluding carboxylic acids is 2. The number of rotatable bonds is 9. The zero-order chi connectivity index (χ0) is 29.8. The Balaban J connectivity index is 1.54. The van der Waals surface area contributed by atoms with Gasteiger partial charge in [0.15, 0.2) is 5.65 Å². The summed E-state index contributed by atoms with van der Waals surface area (Å²) in [6.45, 7) is 9.42. The van der Waals surface area contributed by atoms with Crippen LogP contribution < -0.4 is 10.6 Å². The van der Waals surface area contributed by atoms with Crippen LogP contribution in [-0.4, -0.2) is 41.0 Å². The summed E-state index contributed by atoms with van der Waals surface area (Å²) >= 11 is 0. The number of aromatic nitrogens is 2. The zero-order valence-corrected chi connectivity index (χ0v) is 24.7. The molecule has 0 radical (unpaired) electrons. The molecular formula is C31H36N4O5S. The van der Waals surface area contributed by atoms with Gasteiger partial charge in [0.05, 0.1) is 4.90 Å². The number of anilines is 1. The van der Waals surface area contributed by atoms with Gasteiger partial charge in [0, 0.05) is 23.5 Å². The summed E-state index contributed by atoms with van der Waals surface area (Å²) in [7, 11) is -3.81. The van der Waals surface area contributed by atoms with Crippen molar-refractivity contribution in [3.8, 4) is 11.1 Å². The Morgan fingerprint density at radius 1 is 0.951 bits per heavy atom. The number of amides is 2. The number of alkyl carbamates (subject to hydrolysis) is 1. The third-order valence-corrected chi connectivity index (χ3v) is 8.04. The van der Waals surface area contributed by atoms with Crippen molar-refractivity contribution in [2.45, 2.75) is 64.0 Å². The van der Waals surface area contributed by atoms with E-state index in [1.54, 1.807) is 75.5 Å². The average molecular weight is 577 g/mol. The van der Waals surface area contributed by atoms with Gasteiger partial charge in [0.2, 0.25) is 5.91 Å². The molecule has 41 heavy (non-hydrogen) atoms. The Bertz CT molecular complexity index is 1620. The number of hydrogen-bond acceptors (Lipinski definition) is 6. The molecule has 0 unspecified atom stereocenters. The lowest BCUT2D eigenvalue weighted by molar-refractivity contribution is -0.118. The largest absolute Gasteiger partial charge is 0.444 e. The number of carbonyl (C=O) groups is 2. The van der Waals surface area contributed by atoms with Crippen LogP contribution in [0, 0.1) is 5.92 Å². The quantitative estimate of drug-likeness (QED) is 0.245. The van der Waals surface area contributed by atoms with Crippen molar-refractivity contribution >= 4 is 38.7 Å². The fourth-order valence-electron chi connectivity index (χ4n) is 4.35. The van der Waals surface area contributed by atoms with Gasteiger partial charge in [-0.05, 0) is 87.1 Å². The summed E-state index contributed by atoms with van der Waals surface area (Å²) in [6, 6.07) is 18.2. The van der Waals surface area contributed by atoms with Crippen LogP contribution in [0.5, 0.6) is 0 Å². The van der Waals surface area contributed by atoms with Crippen molar-refractivity contribution in [1.82, 2.24) is 14.3 Å². The number of nitrogens with zero attached hydrogens (tertiary/aromatic N) is 2. The first-order valence-corrected chi connectivity index (χ1v) is 15.0. The van der Waals surface area contributed by atoms with E-state index >= 15 is 0 Å². The third kappa shape index (κ3) is 7.32. The van der Waals surface area contributed by atoms with E-state index in [2.05, 4.69) is 29.5 Å². The van der Waals surface area contributed by atoms with Crippen LogP contribution in [0.3, 0.4) is 0 Å². The first-order valence-electron chi connectivity index (χ1n) is 13.5. The molecule has 0 saturated carbocycles. The van der Waals surface area contributed by atoms with Crippen LogP contribution in [0.4, 0.5) is 10.5 Å². The maximum Gasteiger partial charge on any atom is 0.408 e. The highest BCUT2D eigenvalue weighted by atomic mass is 32.2. The molecule has 4 rings (SSSR count). The molecule has 4 aromatic rings. The molecule has 0 aliphatic carbocycles. The summed E-state index contributed by atoms with van der Waals surface area (Å²) in [4.78, 5) is 30.0. The summed E-state index contributed by atoms with van der Waals surface area (Å²) in [5.41, 5.74) is 1.84. The smallest absolute Gasteiger partial charge is 0.408 e. The number of fused-ring (bicyclic) bond motifs is 1. The van der Waals surface area contributed by atoms with Crippen molar-refractivity contribution in [2.24, 2.45) is 5.92 Å². The lowest BCUT2D eigenvalue weighted by Crippen LogP contribution is -2.45. The van der Waals surface area contributed by atoms with E-state index in [1.165, 1.54) is 10.2 Å². The molecule has 0 bridgehead atoms. The maximum absolute atomic E-state index is 13.2. The van der Waals surface area contributed by atoms with E-state index in [0.29, 0.717) is 29.1 Å². The molecular weight excluding hydrogens is 540 g/mol. The monoisotopic (exact) mass is 576 g/mol. The van der Waals surface area contributed by atoms with Gasteiger partial charge < -0.3 is 15.4 Å². The molecule has 216 valence electrons. The molecule has 1 atom stereocenters. The Morgan fingerprint density at radius 3 is 2.27 bits per heavy atom. The number of benzene rings is 2. The molecule has 2 heterocycles. The predicted octanol–water partition coefficient (Wildman–Crippen LogP) is 6.21. The molecule has 2 N–H and O–H groups in total. The topological polar surface area (TPSA) is 119 Å². The van der Waals surface area contributed by atoms with Gasteiger partial charge in [-0.25, -0.2) is 22.2 Å². The van der Waals surface area contributed by atoms with E-state index in [1.807, 2.05) is 18.2 Å². The fraction of sp³-hybridized carbons (Fsp3) is 0.323. The van der Waals surface area contributed by atoms with E-state index in [9.17, 15) is 18.0 Å². The molecule has 2 aromatic carbocycles. The zero-order valence-electron chi connectivity index (χ0n) is 23.9.